The molecule has 3 rings (SSSR count). The second-order valence-electron chi connectivity index (χ2n) is 6.30. The third-order valence-corrected chi connectivity index (χ3v) is 4.83. The maximum Gasteiger partial charge on any atom is 0.234 e. The van der Waals surface area contributed by atoms with Crippen molar-refractivity contribution in [1.29, 1.82) is 0 Å². The summed E-state index contributed by atoms with van der Waals surface area (Å²) >= 11 is 3.40. The first kappa shape index (κ1) is 16.5. The van der Waals surface area contributed by atoms with Crippen molar-refractivity contribution in [3.8, 4) is 0 Å². The molecule has 6 heteroatoms. The van der Waals surface area contributed by atoms with Gasteiger partial charge in [0.1, 0.15) is 0 Å². The van der Waals surface area contributed by atoms with Gasteiger partial charge in [0.2, 0.25) is 11.8 Å². The predicted octanol–water partition coefficient (Wildman–Crippen LogP) is 1.41. The third kappa shape index (κ3) is 5.04. The van der Waals surface area contributed by atoms with Gasteiger partial charge in [0.25, 0.3) is 0 Å². The standard InChI is InChI=1S/C17H22BrN3O2/c18-14-3-1-13(2-4-14)11-17(23)21-9-7-20(8-10-21)12-16(22)19-15-5-6-15/h1-4,15H,5-12H2,(H,19,22). The van der Waals surface area contributed by atoms with Gasteiger partial charge in [-0.3, -0.25) is 14.5 Å². The zero-order valence-corrected chi connectivity index (χ0v) is 14.7. The monoisotopic (exact) mass is 379 g/mol. The molecule has 0 unspecified atom stereocenters. The summed E-state index contributed by atoms with van der Waals surface area (Å²) in [7, 11) is 0. The Morgan fingerprint density at radius 3 is 2.35 bits per heavy atom. The highest BCUT2D eigenvalue weighted by Crippen LogP contribution is 2.18. The summed E-state index contributed by atoms with van der Waals surface area (Å²) < 4.78 is 1.02. The van der Waals surface area contributed by atoms with Crippen molar-refractivity contribution < 1.29 is 9.59 Å². The van der Waals surface area contributed by atoms with Gasteiger partial charge in [0, 0.05) is 36.7 Å². The fraction of sp³-hybridized carbons (Fsp3) is 0.529. The Labute approximate surface area is 145 Å². The number of hydrogen-bond donors (Lipinski definition) is 1. The summed E-state index contributed by atoms with van der Waals surface area (Å²) in [4.78, 5) is 28.2. The molecule has 1 aromatic rings. The molecule has 5 nitrogen and oxygen atoms in total. The zero-order chi connectivity index (χ0) is 16.2. The normalized spacial score (nSPS) is 18.7. The average molecular weight is 380 g/mol. The lowest BCUT2D eigenvalue weighted by molar-refractivity contribution is -0.132. The molecule has 1 saturated carbocycles. The number of halogens is 1. The number of carbonyl (C=O) groups excluding carboxylic acids is 2. The van der Waals surface area contributed by atoms with Crippen LogP contribution in [0, 0.1) is 0 Å². The molecule has 2 fully saturated rings. The molecule has 1 heterocycles. The van der Waals surface area contributed by atoms with Crippen LogP contribution in [0.25, 0.3) is 0 Å². The van der Waals surface area contributed by atoms with Crippen LogP contribution in [0.4, 0.5) is 0 Å². The van der Waals surface area contributed by atoms with E-state index in [-0.39, 0.29) is 11.8 Å². The predicted molar refractivity (Wildman–Crippen MR) is 92.0 cm³/mol. The van der Waals surface area contributed by atoms with Crippen molar-refractivity contribution in [2.45, 2.75) is 25.3 Å². The van der Waals surface area contributed by atoms with Gasteiger partial charge in [0.15, 0.2) is 0 Å². The molecular weight excluding hydrogens is 358 g/mol. The van der Waals surface area contributed by atoms with E-state index < -0.39 is 0 Å². The molecule has 2 amide bonds. The summed E-state index contributed by atoms with van der Waals surface area (Å²) in [6.07, 6.45) is 2.67. The van der Waals surface area contributed by atoms with Crippen LogP contribution < -0.4 is 5.32 Å². The molecule has 0 atom stereocenters. The number of nitrogens with one attached hydrogen (secondary N) is 1. The Balaban J connectivity index is 1.41. The van der Waals surface area contributed by atoms with Crippen LogP contribution in [-0.4, -0.2) is 60.4 Å². The first-order valence-corrected chi connectivity index (χ1v) is 8.93. The Morgan fingerprint density at radius 1 is 1.09 bits per heavy atom. The number of amides is 2. The van der Waals surface area contributed by atoms with Crippen LogP contribution >= 0.6 is 15.9 Å². The van der Waals surface area contributed by atoms with Gasteiger partial charge in [-0.25, -0.2) is 0 Å². The third-order valence-electron chi connectivity index (χ3n) is 4.30. The average Bonchev–Trinajstić information content (AvgIpc) is 3.34. The Bertz CT molecular complexity index is 564. The molecule has 0 radical (unpaired) electrons. The van der Waals surface area contributed by atoms with Crippen molar-refractivity contribution in [3.05, 3.63) is 34.3 Å². The molecule has 23 heavy (non-hydrogen) atoms. The topological polar surface area (TPSA) is 52.7 Å². The first-order chi connectivity index (χ1) is 11.1. The van der Waals surface area contributed by atoms with E-state index in [1.165, 1.54) is 0 Å². The van der Waals surface area contributed by atoms with Crippen LogP contribution in [0.2, 0.25) is 0 Å². The van der Waals surface area contributed by atoms with Crippen molar-refractivity contribution >= 4 is 27.7 Å². The summed E-state index contributed by atoms with van der Waals surface area (Å²) in [6, 6.07) is 8.27. The van der Waals surface area contributed by atoms with E-state index in [9.17, 15) is 9.59 Å². The van der Waals surface area contributed by atoms with Gasteiger partial charge < -0.3 is 10.2 Å². The molecule has 0 aromatic heterocycles. The molecule has 0 bridgehead atoms. The molecular formula is C17H22BrN3O2. The van der Waals surface area contributed by atoms with E-state index in [2.05, 4.69) is 26.1 Å². The molecule has 0 spiro atoms. The summed E-state index contributed by atoms with van der Waals surface area (Å²) in [5.74, 6) is 0.275. The van der Waals surface area contributed by atoms with Crippen LogP contribution in [0.3, 0.4) is 0 Å². The number of carbonyl (C=O) groups is 2. The maximum atomic E-state index is 12.4. The summed E-state index contributed by atoms with van der Waals surface area (Å²) in [6.45, 7) is 3.39. The lowest BCUT2D eigenvalue weighted by atomic mass is 10.1. The molecule has 1 aromatic carbocycles. The molecule has 1 aliphatic carbocycles. The SMILES string of the molecule is O=C(CN1CCN(C(=O)Cc2ccc(Br)cc2)CC1)NC1CC1. The van der Waals surface area contributed by atoms with Crippen LogP contribution in [0.15, 0.2) is 28.7 Å². The highest BCUT2D eigenvalue weighted by atomic mass is 79.9. The minimum atomic E-state index is 0.113. The number of benzene rings is 1. The van der Waals surface area contributed by atoms with Gasteiger partial charge in [-0.1, -0.05) is 28.1 Å². The largest absolute Gasteiger partial charge is 0.352 e. The lowest BCUT2D eigenvalue weighted by Crippen LogP contribution is -2.51. The van der Waals surface area contributed by atoms with E-state index in [4.69, 9.17) is 0 Å². The fourth-order valence-corrected chi connectivity index (χ4v) is 3.01. The van der Waals surface area contributed by atoms with Gasteiger partial charge in [-0.2, -0.15) is 0 Å². The van der Waals surface area contributed by atoms with Crippen molar-refractivity contribution in [2.24, 2.45) is 0 Å². The smallest absolute Gasteiger partial charge is 0.234 e. The highest BCUT2D eigenvalue weighted by molar-refractivity contribution is 9.10. The minimum Gasteiger partial charge on any atom is -0.352 e. The van der Waals surface area contributed by atoms with E-state index in [0.29, 0.717) is 32.1 Å². The minimum absolute atomic E-state index is 0.113. The molecule has 1 aliphatic heterocycles. The van der Waals surface area contributed by atoms with Crippen LogP contribution in [-0.2, 0) is 16.0 Å². The second kappa shape index (κ2) is 7.45. The van der Waals surface area contributed by atoms with Crippen LogP contribution in [0.5, 0.6) is 0 Å². The number of rotatable bonds is 5. The van der Waals surface area contributed by atoms with E-state index >= 15 is 0 Å². The number of piperazine rings is 1. The van der Waals surface area contributed by atoms with Crippen LogP contribution in [0.1, 0.15) is 18.4 Å². The van der Waals surface area contributed by atoms with Gasteiger partial charge in [-0.05, 0) is 30.5 Å². The quantitative estimate of drug-likeness (QED) is 0.841. The van der Waals surface area contributed by atoms with E-state index in [1.54, 1.807) is 0 Å². The van der Waals surface area contributed by atoms with Gasteiger partial charge in [0.05, 0.1) is 13.0 Å². The Hall–Kier alpha value is -1.40. The maximum absolute atomic E-state index is 12.4. The Kier molecular flexibility index (Phi) is 5.33. The second-order valence-corrected chi connectivity index (χ2v) is 7.22. The lowest BCUT2D eigenvalue weighted by Gasteiger charge is -2.34. The molecule has 2 aliphatic rings. The number of hydrogen-bond acceptors (Lipinski definition) is 3. The number of nitrogens with zero attached hydrogens (tertiary/aromatic N) is 2. The van der Waals surface area contributed by atoms with Gasteiger partial charge in [-0.15, -0.1) is 0 Å². The van der Waals surface area contributed by atoms with Gasteiger partial charge >= 0.3 is 0 Å². The summed E-state index contributed by atoms with van der Waals surface area (Å²) in [5.41, 5.74) is 1.03. The van der Waals surface area contributed by atoms with E-state index in [0.717, 1.165) is 36.0 Å². The molecule has 1 N–H and O–H groups in total. The molecule has 1 saturated heterocycles. The molecule has 124 valence electrons. The summed E-state index contributed by atoms with van der Waals surface area (Å²) in [5, 5.41) is 3.01. The zero-order valence-electron chi connectivity index (χ0n) is 13.1. The van der Waals surface area contributed by atoms with E-state index in [1.807, 2.05) is 29.2 Å². The highest BCUT2D eigenvalue weighted by Gasteiger charge is 2.26. The fourth-order valence-electron chi connectivity index (χ4n) is 2.75. The first-order valence-electron chi connectivity index (χ1n) is 8.14. The van der Waals surface area contributed by atoms with Crippen molar-refractivity contribution in [3.63, 3.8) is 0 Å². The van der Waals surface area contributed by atoms with Crippen molar-refractivity contribution in [2.75, 3.05) is 32.7 Å². The van der Waals surface area contributed by atoms with Crippen molar-refractivity contribution in [1.82, 2.24) is 15.1 Å². The Morgan fingerprint density at radius 2 is 1.74 bits per heavy atom.